The van der Waals surface area contributed by atoms with Gasteiger partial charge in [0.1, 0.15) is 11.1 Å². The van der Waals surface area contributed by atoms with Crippen LogP contribution in [-0.2, 0) is 0 Å². The first-order valence-corrected chi connectivity index (χ1v) is 8.80. The van der Waals surface area contributed by atoms with Gasteiger partial charge in [0, 0.05) is 5.56 Å². The summed E-state index contributed by atoms with van der Waals surface area (Å²) in [6, 6.07) is 18.8. The van der Waals surface area contributed by atoms with E-state index in [4.69, 9.17) is 0 Å². The molecule has 0 bridgehead atoms. The van der Waals surface area contributed by atoms with Crippen molar-refractivity contribution in [2.24, 2.45) is 0 Å². The van der Waals surface area contributed by atoms with Crippen molar-refractivity contribution in [3.63, 3.8) is 0 Å². The lowest BCUT2D eigenvalue weighted by Crippen LogP contribution is -2.03. The predicted octanol–water partition coefficient (Wildman–Crippen LogP) is 4.66. The maximum Gasteiger partial charge on any atom is 0.173 e. The molecule has 0 radical (unpaired) electrons. The van der Waals surface area contributed by atoms with E-state index in [0.29, 0.717) is 16.2 Å². The number of pyridine rings is 1. The second kappa shape index (κ2) is 7.23. The van der Waals surface area contributed by atoms with Gasteiger partial charge in [-0.2, -0.15) is 5.26 Å². The highest BCUT2D eigenvalue weighted by Gasteiger charge is 2.12. The highest BCUT2D eigenvalue weighted by molar-refractivity contribution is 8.00. The van der Waals surface area contributed by atoms with Crippen LogP contribution in [0, 0.1) is 11.3 Å². The lowest BCUT2D eigenvalue weighted by molar-refractivity contribution is 0.102. The number of benzene rings is 1. The number of hydrogen-bond donors (Lipinski definition) is 0. The summed E-state index contributed by atoms with van der Waals surface area (Å²) in [5.41, 5.74) is 2.00. The van der Waals surface area contributed by atoms with Crippen molar-refractivity contribution >= 4 is 28.9 Å². The summed E-state index contributed by atoms with van der Waals surface area (Å²) in [6.45, 7) is 0. The zero-order chi connectivity index (χ0) is 16.1. The largest absolute Gasteiger partial charge is 0.293 e. The molecule has 0 fully saturated rings. The summed E-state index contributed by atoms with van der Waals surface area (Å²) < 4.78 is 0. The van der Waals surface area contributed by atoms with Crippen LogP contribution in [0.15, 0.2) is 65.0 Å². The summed E-state index contributed by atoms with van der Waals surface area (Å²) in [6.07, 6.45) is 0. The van der Waals surface area contributed by atoms with Crippen LogP contribution in [0.4, 0.5) is 0 Å². The summed E-state index contributed by atoms with van der Waals surface area (Å²) in [4.78, 5) is 17.8. The van der Waals surface area contributed by atoms with Gasteiger partial charge in [-0.05, 0) is 23.6 Å². The second-order valence-corrected chi connectivity index (χ2v) is 6.63. The minimum atomic E-state index is 0.0304. The number of nitrogens with zero attached hydrogens (tertiary/aromatic N) is 2. The van der Waals surface area contributed by atoms with E-state index in [1.165, 1.54) is 11.8 Å². The highest BCUT2D eigenvalue weighted by Crippen LogP contribution is 2.28. The van der Waals surface area contributed by atoms with E-state index in [-0.39, 0.29) is 11.5 Å². The molecule has 112 valence electrons. The SMILES string of the molecule is N#Cc1ccc(-c2cccs2)nc1SCC(=O)c1ccccc1. The summed E-state index contributed by atoms with van der Waals surface area (Å²) in [5.74, 6) is 0.294. The van der Waals surface area contributed by atoms with Crippen LogP contribution in [-0.4, -0.2) is 16.5 Å². The van der Waals surface area contributed by atoms with Gasteiger partial charge in [0.05, 0.1) is 21.9 Å². The van der Waals surface area contributed by atoms with Crippen LogP contribution in [0.2, 0.25) is 0 Å². The van der Waals surface area contributed by atoms with Gasteiger partial charge in [0.2, 0.25) is 0 Å². The van der Waals surface area contributed by atoms with E-state index < -0.39 is 0 Å². The van der Waals surface area contributed by atoms with E-state index in [9.17, 15) is 10.1 Å². The van der Waals surface area contributed by atoms with Gasteiger partial charge in [-0.25, -0.2) is 4.98 Å². The molecule has 3 rings (SSSR count). The first-order chi connectivity index (χ1) is 11.3. The minimum Gasteiger partial charge on any atom is -0.293 e. The Morgan fingerprint density at radius 1 is 1.13 bits per heavy atom. The number of ketones is 1. The van der Waals surface area contributed by atoms with Crippen molar-refractivity contribution in [1.29, 1.82) is 5.26 Å². The first kappa shape index (κ1) is 15.5. The van der Waals surface area contributed by atoms with Crippen molar-refractivity contribution in [2.75, 3.05) is 5.75 Å². The molecule has 0 atom stereocenters. The second-order valence-electron chi connectivity index (χ2n) is 4.72. The molecule has 3 aromatic rings. The van der Waals surface area contributed by atoms with Gasteiger partial charge in [-0.15, -0.1) is 11.3 Å². The van der Waals surface area contributed by atoms with Crippen LogP contribution in [0.3, 0.4) is 0 Å². The molecule has 0 aliphatic heterocycles. The number of thioether (sulfide) groups is 1. The van der Waals surface area contributed by atoms with E-state index in [0.717, 1.165) is 10.6 Å². The topological polar surface area (TPSA) is 53.8 Å². The Morgan fingerprint density at radius 2 is 1.96 bits per heavy atom. The number of aromatic nitrogens is 1. The molecule has 5 heteroatoms. The molecule has 0 amide bonds. The third kappa shape index (κ3) is 3.67. The molecule has 0 aliphatic carbocycles. The Hall–Kier alpha value is -2.42. The van der Waals surface area contributed by atoms with Gasteiger partial charge >= 0.3 is 0 Å². The fourth-order valence-corrected chi connectivity index (χ4v) is 3.60. The molecule has 3 nitrogen and oxygen atoms in total. The summed E-state index contributed by atoms with van der Waals surface area (Å²) in [5, 5.41) is 11.8. The van der Waals surface area contributed by atoms with Crippen LogP contribution in [0.1, 0.15) is 15.9 Å². The number of nitriles is 1. The van der Waals surface area contributed by atoms with Gasteiger partial charge in [-0.3, -0.25) is 4.79 Å². The van der Waals surface area contributed by atoms with Crippen molar-refractivity contribution in [3.05, 3.63) is 71.1 Å². The molecule has 0 N–H and O–H groups in total. The molecule has 0 spiro atoms. The standard InChI is InChI=1S/C18H12N2OS2/c19-11-14-8-9-15(17-7-4-10-22-17)20-18(14)23-12-16(21)13-5-2-1-3-6-13/h1-10H,12H2. The quantitative estimate of drug-likeness (QED) is 0.502. The number of rotatable bonds is 5. The average molecular weight is 336 g/mol. The van der Waals surface area contributed by atoms with E-state index in [1.54, 1.807) is 29.5 Å². The lowest BCUT2D eigenvalue weighted by Gasteiger charge is -2.05. The van der Waals surface area contributed by atoms with Crippen molar-refractivity contribution in [1.82, 2.24) is 4.98 Å². The van der Waals surface area contributed by atoms with Crippen molar-refractivity contribution in [2.45, 2.75) is 5.03 Å². The summed E-state index contributed by atoms with van der Waals surface area (Å²) >= 11 is 2.91. The molecule has 0 unspecified atom stereocenters. The average Bonchev–Trinajstić information content (AvgIpc) is 3.15. The van der Waals surface area contributed by atoms with Gasteiger partial charge < -0.3 is 0 Å². The predicted molar refractivity (Wildman–Crippen MR) is 93.8 cm³/mol. The number of carbonyl (C=O) groups excluding carboxylic acids is 1. The van der Waals surface area contributed by atoms with Crippen LogP contribution >= 0.6 is 23.1 Å². The van der Waals surface area contributed by atoms with Crippen LogP contribution in [0.25, 0.3) is 10.6 Å². The fourth-order valence-electron chi connectivity index (χ4n) is 2.04. The molecule has 0 aliphatic rings. The Balaban J connectivity index is 1.80. The fraction of sp³-hybridized carbons (Fsp3) is 0.0556. The van der Waals surface area contributed by atoms with E-state index in [1.807, 2.05) is 41.8 Å². The molecular formula is C18H12N2OS2. The van der Waals surface area contributed by atoms with Crippen LogP contribution in [0.5, 0.6) is 0 Å². The maximum absolute atomic E-state index is 12.2. The number of carbonyl (C=O) groups is 1. The Labute approximate surface area is 142 Å². The lowest BCUT2D eigenvalue weighted by atomic mass is 10.2. The maximum atomic E-state index is 12.2. The molecule has 0 saturated heterocycles. The third-order valence-electron chi connectivity index (χ3n) is 3.19. The van der Waals surface area contributed by atoms with Crippen LogP contribution < -0.4 is 0 Å². The van der Waals surface area contributed by atoms with Gasteiger partial charge in [0.25, 0.3) is 0 Å². The molecular weight excluding hydrogens is 324 g/mol. The normalized spacial score (nSPS) is 10.2. The molecule has 1 aromatic carbocycles. The number of thiophene rings is 1. The van der Waals surface area contributed by atoms with E-state index >= 15 is 0 Å². The third-order valence-corrected chi connectivity index (χ3v) is 5.07. The first-order valence-electron chi connectivity index (χ1n) is 6.94. The summed E-state index contributed by atoms with van der Waals surface area (Å²) in [7, 11) is 0. The Bertz CT molecular complexity index is 852. The van der Waals surface area contributed by atoms with E-state index in [2.05, 4.69) is 11.1 Å². The minimum absolute atomic E-state index is 0.0304. The molecule has 2 aromatic heterocycles. The van der Waals surface area contributed by atoms with Gasteiger partial charge in [0.15, 0.2) is 5.78 Å². The number of hydrogen-bond acceptors (Lipinski definition) is 5. The zero-order valence-corrected chi connectivity index (χ0v) is 13.7. The Kier molecular flexibility index (Phi) is 4.86. The molecule has 2 heterocycles. The monoisotopic (exact) mass is 336 g/mol. The Morgan fingerprint density at radius 3 is 2.65 bits per heavy atom. The smallest absolute Gasteiger partial charge is 0.173 e. The molecule has 0 saturated carbocycles. The van der Waals surface area contributed by atoms with Crippen molar-refractivity contribution < 1.29 is 4.79 Å². The number of Topliss-reactive ketones (excluding diaryl/α,β-unsaturated/α-hetero) is 1. The van der Waals surface area contributed by atoms with Crippen molar-refractivity contribution in [3.8, 4) is 16.6 Å². The highest BCUT2D eigenvalue weighted by atomic mass is 32.2. The van der Waals surface area contributed by atoms with Gasteiger partial charge in [-0.1, -0.05) is 48.2 Å². The molecule has 23 heavy (non-hydrogen) atoms. The zero-order valence-electron chi connectivity index (χ0n) is 12.1.